The fourth-order valence-corrected chi connectivity index (χ4v) is 2.85. The first-order chi connectivity index (χ1) is 10.5. The number of rotatable bonds is 6. The maximum Gasteiger partial charge on any atom is 0.260 e. The second-order valence-corrected chi connectivity index (χ2v) is 6.59. The summed E-state index contributed by atoms with van der Waals surface area (Å²) in [6.07, 6.45) is 0.584. The summed E-state index contributed by atoms with van der Waals surface area (Å²) in [6, 6.07) is 7.76. The zero-order chi connectivity index (χ0) is 16.1. The van der Waals surface area contributed by atoms with Gasteiger partial charge in [-0.1, -0.05) is 23.7 Å². The number of para-hydroxylation sites is 1. The van der Waals surface area contributed by atoms with Gasteiger partial charge in [-0.25, -0.2) is 0 Å². The zero-order valence-electron chi connectivity index (χ0n) is 13.5. The summed E-state index contributed by atoms with van der Waals surface area (Å²) in [5.74, 6) is 0.973. The normalized spacial score (nSPS) is 20.1. The van der Waals surface area contributed by atoms with Crippen molar-refractivity contribution in [1.82, 2.24) is 10.2 Å². The van der Waals surface area contributed by atoms with Gasteiger partial charge in [0, 0.05) is 19.1 Å². The van der Waals surface area contributed by atoms with Crippen molar-refractivity contribution >= 4 is 17.5 Å². The summed E-state index contributed by atoms with van der Waals surface area (Å²) in [7, 11) is 0. The molecule has 1 fully saturated rings. The van der Waals surface area contributed by atoms with E-state index in [1.54, 1.807) is 19.1 Å². The highest BCUT2D eigenvalue weighted by Crippen LogP contribution is 2.24. The number of hydrogen-bond acceptors (Lipinski definition) is 3. The molecule has 22 heavy (non-hydrogen) atoms. The van der Waals surface area contributed by atoms with Crippen molar-refractivity contribution in [3.05, 3.63) is 29.3 Å². The van der Waals surface area contributed by atoms with E-state index in [9.17, 15) is 4.79 Å². The van der Waals surface area contributed by atoms with E-state index in [4.69, 9.17) is 16.3 Å². The molecule has 122 valence electrons. The predicted molar refractivity (Wildman–Crippen MR) is 89.4 cm³/mol. The highest BCUT2D eigenvalue weighted by Gasteiger charge is 2.25. The van der Waals surface area contributed by atoms with E-state index in [0.29, 0.717) is 29.3 Å². The number of ether oxygens (including phenoxy) is 1. The number of likely N-dealkylation sites (tertiary alicyclic amines) is 1. The van der Waals surface area contributed by atoms with Crippen molar-refractivity contribution in [1.29, 1.82) is 0 Å². The highest BCUT2D eigenvalue weighted by molar-refractivity contribution is 6.32. The van der Waals surface area contributed by atoms with Crippen LogP contribution >= 0.6 is 11.6 Å². The van der Waals surface area contributed by atoms with Crippen molar-refractivity contribution in [3.8, 4) is 5.75 Å². The predicted octanol–water partition coefficient (Wildman–Crippen LogP) is 2.95. The maximum atomic E-state index is 12.1. The monoisotopic (exact) mass is 324 g/mol. The first kappa shape index (κ1) is 17.1. The third-order valence-corrected chi connectivity index (χ3v) is 4.43. The van der Waals surface area contributed by atoms with Crippen LogP contribution < -0.4 is 10.1 Å². The van der Waals surface area contributed by atoms with Gasteiger partial charge in [0.2, 0.25) is 0 Å². The molecule has 1 N–H and O–H groups in total. The first-order valence-electron chi connectivity index (χ1n) is 7.90. The van der Waals surface area contributed by atoms with Gasteiger partial charge in [-0.15, -0.1) is 0 Å². The number of amides is 1. The SMILES string of the molecule is CC(C)N1CC[C@@H](CNC(=O)[C@H](C)Oc2ccccc2Cl)C1. The quantitative estimate of drug-likeness (QED) is 0.874. The lowest BCUT2D eigenvalue weighted by Gasteiger charge is -2.21. The minimum absolute atomic E-state index is 0.0945. The topological polar surface area (TPSA) is 41.6 Å². The maximum absolute atomic E-state index is 12.1. The van der Waals surface area contributed by atoms with Gasteiger partial charge in [0.25, 0.3) is 5.91 Å². The van der Waals surface area contributed by atoms with E-state index in [2.05, 4.69) is 24.1 Å². The van der Waals surface area contributed by atoms with Crippen LogP contribution in [0.25, 0.3) is 0 Å². The minimum Gasteiger partial charge on any atom is -0.479 e. The van der Waals surface area contributed by atoms with E-state index in [0.717, 1.165) is 19.5 Å². The van der Waals surface area contributed by atoms with Crippen molar-refractivity contribution in [2.75, 3.05) is 19.6 Å². The molecule has 2 atom stereocenters. The smallest absolute Gasteiger partial charge is 0.260 e. The van der Waals surface area contributed by atoms with E-state index in [1.807, 2.05) is 12.1 Å². The Kier molecular flexibility index (Phi) is 6.09. The van der Waals surface area contributed by atoms with Gasteiger partial charge >= 0.3 is 0 Å². The first-order valence-corrected chi connectivity index (χ1v) is 8.28. The van der Waals surface area contributed by atoms with Crippen LogP contribution in [0.5, 0.6) is 5.75 Å². The summed E-state index contributed by atoms with van der Waals surface area (Å²) in [5.41, 5.74) is 0. The van der Waals surface area contributed by atoms with Crippen LogP contribution in [-0.2, 0) is 4.79 Å². The summed E-state index contributed by atoms with van der Waals surface area (Å²) < 4.78 is 5.63. The molecular weight excluding hydrogens is 300 g/mol. The average Bonchev–Trinajstić information content (AvgIpc) is 2.96. The molecule has 0 aromatic heterocycles. The van der Waals surface area contributed by atoms with Crippen LogP contribution in [0.15, 0.2) is 24.3 Å². The fraction of sp³-hybridized carbons (Fsp3) is 0.588. The molecule has 5 heteroatoms. The Hall–Kier alpha value is -1.26. The average molecular weight is 325 g/mol. The largest absolute Gasteiger partial charge is 0.479 e. The lowest BCUT2D eigenvalue weighted by molar-refractivity contribution is -0.127. The molecule has 1 aromatic carbocycles. The van der Waals surface area contributed by atoms with E-state index >= 15 is 0 Å². The van der Waals surface area contributed by atoms with Crippen LogP contribution in [0.2, 0.25) is 5.02 Å². The molecule has 1 aliphatic heterocycles. The molecule has 2 rings (SSSR count). The fourth-order valence-electron chi connectivity index (χ4n) is 2.67. The number of halogens is 1. The number of carbonyl (C=O) groups excluding carboxylic acids is 1. The minimum atomic E-state index is -0.553. The van der Waals surface area contributed by atoms with Crippen molar-refractivity contribution in [2.24, 2.45) is 5.92 Å². The molecule has 0 radical (unpaired) electrons. The molecule has 1 heterocycles. The second-order valence-electron chi connectivity index (χ2n) is 6.18. The number of nitrogens with zero attached hydrogens (tertiary/aromatic N) is 1. The molecule has 0 aliphatic carbocycles. The standard InChI is InChI=1S/C17H25ClN2O2/c1-12(2)20-9-8-14(11-20)10-19-17(21)13(3)22-16-7-5-4-6-15(16)18/h4-7,12-14H,8-11H2,1-3H3,(H,19,21)/t13-,14-/m0/s1. The molecule has 0 saturated carbocycles. The molecule has 1 aromatic rings. The summed E-state index contributed by atoms with van der Waals surface area (Å²) in [4.78, 5) is 14.6. The second kappa shape index (κ2) is 7.84. The number of benzene rings is 1. The summed E-state index contributed by atoms with van der Waals surface area (Å²) in [5, 5.41) is 3.51. The van der Waals surface area contributed by atoms with Gasteiger partial charge in [0.15, 0.2) is 6.10 Å². The number of carbonyl (C=O) groups is 1. The molecular formula is C17H25ClN2O2. The summed E-state index contributed by atoms with van der Waals surface area (Å²) in [6.45, 7) is 9.04. The van der Waals surface area contributed by atoms with Crippen LogP contribution in [0.4, 0.5) is 0 Å². The van der Waals surface area contributed by atoms with Gasteiger partial charge in [-0.05, 0) is 51.8 Å². The Labute approximate surface area is 137 Å². The van der Waals surface area contributed by atoms with Gasteiger partial charge in [0.1, 0.15) is 5.75 Å². The molecule has 1 amide bonds. The highest BCUT2D eigenvalue weighted by atomic mass is 35.5. The Morgan fingerprint density at radius 1 is 1.41 bits per heavy atom. The molecule has 0 unspecified atom stereocenters. The lowest BCUT2D eigenvalue weighted by Crippen LogP contribution is -2.39. The lowest BCUT2D eigenvalue weighted by atomic mass is 10.1. The Bertz CT molecular complexity index is 507. The van der Waals surface area contributed by atoms with Crippen molar-refractivity contribution in [3.63, 3.8) is 0 Å². The third-order valence-electron chi connectivity index (χ3n) is 4.12. The van der Waals surface area contributed by atoms with Gasteiger partial charge in [-0.3, -0.25) is 4.79 Å². The van der Waals surface area contributed by atoms with Crippen molar-refractivity contribution in [2.45, 2.75) is 39.3 Å². The molecule has 0 spiro atoms. The molecule has 1 aliphatic rings. The van der Waals surface area contributed by atoms with Gasteiger partial charge in [0.05, 0.1) is 5.02 Å². The number of nitrogens with one attached hydrogen (secondary N) is 1. The molecule has 4 nitrogen and oxygen atoms in total. The van der Waals surface area contributed by atoms with Crippen molar-refractivity contribution < 1.29 is 9.53 Å². The van der Waals surface area contributed by atoms with Gasteiger partial charge < -0.3 is 15.0 Å². The summed E-state index contributed by atoms with van der Waals surface area (Å²) >= 11 is 6.04. The molecule has 0 bridgehead atoms. The van der Waals surface area contributed by atoms with Crippen LogP contribution in [0, 0.1) is 5.92 Å². The Morgan fingerprint density at radius 2 is 2.14 bits per heavy atom. The van der Waals surface area contributed by atoms with Crippen LogP contribution in [-0.4, -0.2) is 42.6 Å². The number of hydrogen-bond donors (Lipinski definition) is 1. The van der Waals surface area contributed by atoms with E-state index < -0.39 is 6.10 Å². The van der Waals surface area contributed by atoms with Crippen LogP contribution in [0.1, 0.15) is 27.2 Å². The van der Waals surface area contributed by atoms with Gasteiger partial charge in [-0.2, -0.15) is 0 Å². The Balaban J connectivity index is 1.77. The van der Waals surface area contributed by atoms with E-state index in [-0.39, 0.29) is 5.91 Å². The third kappa shape index (κ3) is 4.62. The molecule has 1 saturated heterocycles. The Morgan fingerprint density at radius 3 is 2.77 bits per heavy atom. The van der Waals surface area contributed by atoms with Crippen LogP contribution in [0.3, 0.4) is 0 Å². The zero-order valence-corrected chi connectivity index (χ0v) is 14.3. The van der Waals surface area contributed by atoms with E-state index in [1.165, 1.54) is 0 Å².